The van der Waals surface area contributed by atoms with Gasteiger partial charge in [-0.1, -0.05) is 32.6 Å². The van der Waals surface area contributed by atoms with E-state index >= 15 is 0 Å². The van der Waals surface area contributed by atoms with E-state index in [-0.39, 0.29) is 5.91 Å². The number of hydrogen-bond acceptors (Lipinski definition) is 6. The van der Waals surface area contributed by atoms with Gasteiger partial charge in [-0.3, -0.25) is 4.79 Å². The van der Waals surface area contributed by atoms with Crippen LogP contribution in [0.15, 0.2) is 22.7 Å². The SMILES string of the molecule is CCCc1nc(C2CCCCC2)oc1C(=O)Nc1ccc(N2CCOCC2)nc1. The normalized spacial score (nSPS) is 18.0. The van der Waals surface area contributed by atoms with E-state index in [1.54, 1.807) is 6.20 Å². The van der Waals surface area contributed by atoms with Crippen LogP contribution in [0.4, 0.5) is 11.5 Å². The number of morpholine rings is 1. The Morgan fingerprint density at radius 1 is 1.21 bits per heavy atom. The molecule has 0 atom stereocenters. The summed E-state index contributed by atoms with van der Waals surface area (Å²) >= 11 is 0. The number of nitrogens with zero attached hydrogens (tertiary/aromatic N) is 3. The highest BCUT2D eigenvalue weighted by atomic mass is 16.5. The fourth-order valence-electron chi connectivity index (χ4n) is 4.11. The summed E-state index contributed by atoms with van der Waals surface area (Å²) in [6, 6.07) is 3.81. The van der Waals surface area contributed by atoms with E-state index in [1.807, 2.05) is 12.1 Å². The number of nitrogens with one attached hydrogen (secondary N) is 1. The second-order valence-electron chi connectivity index (χ2n) is 7.87. The molecule has 7 nitrogen and oxygen atoms in total. The number of aromatic nitrogens is 2. The van der Waals surface area contributed by atoms with Crippen molar-refractivity contribution < 1.29 is 13.9 Å². The summed E-state index contributed by atoms with van der Waals surface area (Å²) in [7, 11) is 0. The van der Waals surface area contributed by atoms with E-state index in [9.17, 15) is 4.79 Å². The Morgan fingerprint density at radius 3 is 2.69 bits per heavy atom. The highest BCUT2D eigenvalue weighted by Crippen LogP contribution is 2.33. The number of aryl methyl sites for hydroxylation is 1. The van der Waals surface area contributed by atoms with E-state index in [0.29, 0.717) is 17.4 Å². The standard InChI is InChI=1S/C22H30N4O3/c1-2-6-18-20(29-22(25-18)16-7-4-3-5-8-16)21(27)24-17-9-10-19(23-15-17)26-11-13-28-14-12-26/h9-10,15-16H,2-8,11-14H2,1H3,(H,24,27). The number of anilines is 2. The maximum Gasteiger partial charge on any atom is 0.293 e. The molecule has 2 fully saturated rings. The molecule has 1 aliphatic heterocycles. The summed E-state index contributed by atoms with van der Waals surface area (Å²) < 4.78 is 11.4. The van der Waals surface area contributed by atoms with Gasteiger partial charge in [0.1, 0.15) is 5.82 Å². The molecular weight excluding hydrogens is 368 g/mol. The lowest BCUT2D eigenvalue weighted by Gasteiger charge is -2.27. The van der Waals surface area contributed by atoms with Crippen molar-refractivity contribution in [1.29, 1.82) is 0 Å². The highest BCUT2D eigenvalue weighted by Gasteiger charge is 2.26. The maximum atomic E-state index is 12.9. The predicted molar refractivity (Wildman–Crippen MR) is 112 cm³/mol. The van der Waals surface area contributed by atoms with E-state index in [1.165, 1.54) is 19.3 Å². The molecule has 1 amide bonds. The topological polar surface area (TPSA) is 80.5 Å². The van der Waals surface area contributed by atoms with E-state index in [2.05, 4.69) is 22.1 Å². The van der Waals surface area contributed by atoms with Crippen LogP contribution in [0.25, 0.3) is 0 Å². The Balaban J connectivity index is 1.46. The van der Waals surface area contributed by atoms with Gasteiger partial charge in [0.25, 0.3) is 5.91 Å². The van der Waals surface area contributed by atoms with E-state index in [0.717, 1.165) is 69.4 Å². The first-order valence-corrected chi connectivity index (χ1v) is 10.8. The molecule has 2 aromatic rings. The summed E-state index contributed by atoms with van der Waals surface area (Å²) in [4.78, 5) is 24.3. The summed E-state index contributed by atoms with van der Waals surface area (Å²) in [5.74, 6) is 2.08. The lowest BCUT2D eigenvalue weighted by atomic mass is 9.89. The van der Waals surface area contributed by atoms with Crippen molar-refractivity contribution in [2.24, 2.45) is 0 Å². The van der Waals surface area contributed by atoms with Gasteiger partial charge in [-0.25, -0.2) is 9.97 Å². The zero-order valence-corrected chi connectivity index (χ0v) is 17.2. The molecule has 1 saturated heterocycles. The number of amides is 1. The Kier molecular flexibility index (Phi) is 6.44. The molecule has 0 spiro atoms. The Morgan fingerprint density at radius 2 is 2.00 bits per heavy atom. The van der Waals surface area contributed by atoms with Crippen LogP contribution < -0.4 is 10.2 Å². The van der Waals surface area contributed by atoms with Crippen molar-refractivity contribution in [1.82, 2.24) is 9.97 Å². The molecule has 3 heterocycles. The maximum absolute atomic E-state index is 12.9. The highest BCUT2D eigenvalue weighted by molar-refractivity contribution is 6.02. The summed E-state index contributed by atoms with van der Waals surface area (Å²) in [6.45, 7) is 5.19. The first kappa shape index (κ1) is 19.9. The average Bonchev–Trinajstić information content (AvgIpc) is 3.20. The number of pyridine rings is 1. The van der Waals surface area contributed by atoms with Gasteiger partial charge in [-0.2, -0.15) is 0 Å². The number of oxazole rings is 1. The molecule has 0 bridgehead atoms. The van der Waals surface area contributed by atoms with Gasteiger partial charge in [-0.05, 0) is 31.4 Å². The van der Waals surface area contributed by atoms with Gasteiger partial charge < -0.3 is 19.4 Å². The molecule has 0 aromatic carbocycles. The quantitative estimate of drug-likeness (QED) is 0.787. The first-order valence-electron chi connectivity index (χ1n) is 10.8. The van der Waals surface area contributed by atoms with E-state index in [4.69, 9.17) is 14.1 Å². The number of rotatable bonds is 6. The predicted octanol–water partition coefficient (Wildman–Crippen LogP) is 4.16. The van der Waals surface area contributed by atoms with Crippen LogP contribution >= 0.6 is 0 Å². The van der Waals surface area contributed by atoms with Crippen molar-refractivity contribution in [2.75, 3.05) is 36.5 Å². The molecule has 1 saturated carbocycles. The van der Waals surface area contributed by atoms with E-state index < -0.39 is 0 Å². The van der Waals surface area contributed by atoms with Gasteiger partial charge in [0.05, 0.1) is 30.8 Å². The van der Waals surface area contributed by atoms with Crippen LogP contribution in [0.5, 0.6) is 0 Å². The molecule has 1 N–H and O–H groups in total. The van der Waals surface area contributed by atoms with Crippen molar-refractivity contribution in [3.05, 3.63) is 35.7 Å². The molecule has 7 heteroatoms. The minimum atomic E-state index is -0.246. The fourth-order valence-corrected chi connectivity index (χ4v) is 4.11. The third-order valence-electron chi connectivity index (χ3n) is 5.70. The fraction of sp³-hybridized carbons (Fsp3) is 0.591. The van der Waals surface area contributed by atoms with Crippen LogP contribution in [0.2, 0.25) is 0 Å². The van der Waals surface area contributed by atoms with Crippen molar-refractivity contribution in [3.8, 4) is 0 Å². The lowest BCUT2D eigenvalue weighted by Crippen LogP contribution is -2.36. The minimum Gasteiger partial charge on any atom is -0.435 e. The van der Waals surface area contributed by atoms with Gasteiger partial charge in [0.2, 0.25) is 5.76 Å². The first-order chi connectivity index (χ1) is 14.2. The Hall–Kier alpha value is -2.41. The molecule has 29 heavy (non-hydrogen) atoms. The molecule has 156 valence electrons. The Bertz CT molecular complexity index is 806. The largest absolute Gasteiger partial charge is 0.435 e. The molecule has 0 radical (unpaired) electrons. The number of carbonyl (C=O) groups is 1. The smallest absolute Gasteiger partial charge is 0.293 e. The van der Waals surface area contributed by atoms with Crippen LogP contribution in [-0.4, -0.2) is 42.2 Å². The van der Waals surface area contributed by atoms with Crippen molar-refractivity contribution in [2.45, 2.75) is 57.8 Å². The number of ether oxygens (including phenoxy) is 1. The zero-order chi connectivity index (χ0) is 20.1. The average molecular weight is 399 g/mol. The third kappa shape index (κ3) is 4.78. The summed E-state index contributed by atoms with van der Waals surface area (Å²) in [5.41, 5.74) is 1.42. The molecule has 1 aliphatic carbocycles. The zero-order valence-electron chi connectivity index (χ0n) is 17.2. The van der Waals surface area contributed by atoms with Crippen LogP contribution in [0.3, 0.4) is 0 Å². The summed E-state index contributed by atoms with van der Waals surface area (Å²) in [5, 5.41) is 2.93. The van der Waals surface area contributed by atoms with Crippen molar-refractivity contribution in [3.63, 3.8) is 0 Å². The molecule has 0 unspecified atom stereocenters. The van der Waals surface area contributed by atoms with Gasteiger partial charge in [-0.15, -0.1) is 0 Å². The Labute approximate surface area is 171 Å². The van der Waals surface area contributed by atoms with Crippen molar-refractivity contribution >= 4 is 17.4 Å². The minimum absolute atomic E-state index is 0.246. The molecular formula is C22H30N4O3. The molecule has 4 rings (SSSR count). The van der Waals surface area contributed by atoms with Crippen LogP contribution in [0.1, 0.15) is 73.5 Å². The van der Waals surface area contributed by atoms with Gasteiger partial charge in [0.15, 0.2) is 5.89 Å². The van der Waals surface area contributed by atoms with Crippen LogP contribution in [0, 0.1) is 0 Å². The van der Waals surface area contributed by atoms with Crippen LogP contribution in [-0.2, 0) is 11.2 Å². The molecule has 2 aromatic heterocycles. The lowest BCUT2D eigenvalue weighted by molar-refractivity contribution is 0.0992. The van der Waals surface area contributed by atoms with Gasteiger partial charge in [0, 0.05) is 19.0 Å². The monoisotopic (exact) mass is 398 g/mol. The number of hydrogen-bond donors (Lipinski definition) is 1. The third-order valence-corrected chi connectivity index (χ3v) is 5.70. The second-order valence-corrected chi connectivity index (χ2v) is 7.87. The molecule has 2 aliphatic rings. The van der Waals surface area contributed by atoms with Gasteiger partial charge >= 0.3 is 0 Å². The summed E-state index contributed by atoms with van der Waals surface area (Å²) in [6.07, 6.45) is 9.25. The second kappa shape index (κ2) is 9.39. The number of carbonyl (C=O) groups excluding carboxylic acids is 1.